The smallest absolute Gasteiger partial charge is 0.337 e. The van der Waals surface area contributed by atoms with Crippen LogP contribution < -0.4 is 5.32 Å². The number of benzene rings is 1. The SMILES string of the molecule is CC(C)(C)[C@H]1CN(C(c2ccc(Cl)cc2)c2ccc(C(F)(F)F)nc2)CCN1C(=O)CC1CCNCC1.Cl.Cl. The molecule has 2 aromatic rings. The largest absolute Gasteiger partial charge is 0.433 e. The Morgan fingerprint density at radius 1 is 1.03 bits per heavy atom. The van der Waals surface area contributed by atoms with Crippen LogP contribution in [-0.4, -0.2) is 59.5 Å². The van der Waals surface area contributed by atoms with Crippen molar-refractivity contribution in [2.45, 2.75) is 58.3 Å². The fourth-order valence-electron chi connectivity index (χ4n) is 5.52. The summed E-state index contributed by atoms with van der Waals surface area (Å²) in [6.45, 7) is 10.1. The average molecular weight is 610 g/mol. The molecule has 0 bridgehead atoms. The molecule has 0 saturated carbocycles. The van der Waals surface area contributed by atoms with Crippen LogP contribution >= 0.6 is 36.4 Å². The zero-order valence-corrected chi connectivity index (χ0v) is 24.9. The molecule has 1 amide bonds. The van der Waals surface area contributed by atoms with Gasteiger partial charge in [0.15, 0.2) is 0 Å². The standard InChI is InChI=1S/C28H36ClF3N4O.2ClH/c1-27(2,3)24-18-35(14-15-36(24)25(37)16-19-10-12-33-13-11-19)26(20-4-7-22(29)8-5-20)21-6-9-23(34-17-21)28(30,31)32;;/h4-9,17,19,24,26,33H,10-16,18H2,1-3H3;2*1H/t24-,26?;;/m1../s1. The van der Waals surface area contributed by atoms with E-state index in [0.717, 1.165) is 37.6 Å². The molecule has 2 aliphatic rings. The van der Waals surface area contributed by atoms with Crippen LogP contribution in [0.3, 0.4) is 0 Å². The van der Waals surface area contributed by atoms with Gasteiger partial charge in [0.2, 0.25) is 5.91 Å². The number of piperazine rings is 1. The second-order valence-electron chi connectivity index (χ2n) is 11.3. The van der Waals surface area contributed by atoms with Crippen LogP contribution in [0.25, 0.3) is 0 Å². The molecule has 1 aromatic carbocycles. The van der Waals surface area contributed by atoms with Gasteiger partial charge in [-0.2, -0.15) is 13.2 Å². The number of nitrogens with one attached hydrogen (secondary N) is 1. The molecule has 39 heavy (non-hydrogen) atoms. The number of piperidine rings is 1. The number of carbonyl (C=O) groups excluding carboxylic acids is 1. The highest BCUT2D eigenvalue weighted by molar-refractivity contribution is 6.30. The van der Waals surface area contributed by atoms with Crippen LogP contribution in [0.15, 0.2) is 42.6 Å². The summed E-state index contributed by atoms with van der Waals surface area (Å²) in [5.74, 6) is 0.609. The molecule has 218 valence electrons. The van der Waals surface area contributed by atoms with Crippen molar-refractivity contribution in [1.29, 1.82) is 0 Å². The van der Waals surface area contributed by atoms with Crippen molar-refractivity contribution in [3.63, 3.8) is 0 Å². The van der Waals surface area contributed by atoms with Gasteiger partial charge in [-0.05, 0) is 66.6 Å². The summed E-state index contributed by atoms with van der Waals surface area (Å²) in [6.07, 6.45) is -0.566. The van der Waals surface area contributed by atoms with Gasteiger partial charge in [0.05, 0.1) is 6.04 Å². The number of hydrogen-bond donors (Lipinski definition) is 1. The number of carbonyl (C=O) groups is 1. The number of halogens is 6. The first-order valence-corrected chi connectivity index (χ1v) is 13.3. The summed E-state index contributed by atoms with van der Waals surface area (Å²) in [6, 6.07) is 9.61. The van der Waals surface area contributed by atoms with Crippen molar-refractivity contribution in [2.75, 3.05) is 32.7 Å². The summed E-state index contributed by atoms with van der Waals surface area (Å²) in [5.41, 5.74) is 0.517. The Hall–Kier alpha value is -1.58. The van der Waals surface area contributed by atoms with Crippen LogP contribution in [0, 0.1) is 11.3 Å². The normalized spacial score (nSPS) is 20.1. The summed E-state index contributed by atoms with van der Waals surface area (Å²) in [5, 5.41) is 3.95. The number of hydrogen-bond acceptors (Lipinski definition) is 4. The van der Waals surface area contributed by atoms with Crippen LogP contribution in [0.4, 0.5) is 13.2 Å². The molecular formula is C28H38Cl3F3N4O. The Morgan fingerprint density at radius 3 is 2.18 bits per heavy atom. The van der Waals surface area contributed by atoms with Crippen molar-refractivity contribution in [3.8, 4) is 0 Å². The monoisotopic (exact) mass is 608 g/mol. The minimum absolute atomic E-state index is 0. The van der Waals surface area contributed by atoms with E-state index in [-0.39, 0.29) is 48.2 Å². The summed E-state index contributed by atoms with van der Waals surface area (Å²) >= 11 is 6.14. The number of alkyl halides is 3. The highest BCUT2D eigenvalue weighted by atomic mass is 35.5. The third kappa shape index (κ3) is 8.46. The number of aromatic nitrogens is 1. The number of rotatable bonds is 5. The highest BCUT2D eigenvalue weighted by Gasteiger charge is 2.41. The Kier molecular flexibility index (Phi) is 11.9. The zero-order chi connectivity index (χ0) is 26.8. The first-order valence-electron chi connectivity index (χ1n) is 13.0. The van der Waals surface area contributed by atoms with Crippen molar-refractivity contribution in [2.24, 2.45) is 11.3 Å². The first-order chi connectivity index (χ1) is 17.4. The average Bonchev–Trinajstić information content (AvgIpc) is 2.85. The predicted octanol–water partition coefficient (Wildman–Crippen LogP) is 6.64. The van der Waals surface area contributed by atoms with Gasteiger partial charge < -0.3 is 10.2 Å². The maximum atomic E-state index is 13.5. The lowest BCUT2D eigenvalue weighted by Crippen LogP contribution is -2.60. The molecule has 4 rings (SSSR count). The van der Waals surface area contributed by atoms with Gasteiger partial charge in [0, 0.05) is 43.3 Å². The van der Waals surface area contributed by atoms with E-state index in [1.54, 1.807) is 12.1 Å². The van der Waals surface area contributed by atoms with Crippen LogP contribution in [0.1, 0.15) is 62.9 Å². The van der Waals surface area contributed by atoms with Crippen molar-refractivity contribution < 1.29 is 18.0 Å². The minimum atomic E-state index is -4.49. The number of pyridine rings is 1. The summed E-state index contributed by atoms with van der Waals surface area (Å²) < 4.78 is 39.6. The molecule has 1 unspecified atom stereocenters. The molecule has 2 atom stereocenters. The molecule has 2 aliphatic heterocycles. The van der Waals surface area contributed by atoms with E-state index in [1.807, 2.05) is 17.0 Å². The van der Waals surface area contributed by atoms with Crippen LogP contribution in [0.2, 0.25) is 5.02 Å². The first kappa shape index (κ1) is 33.6. The van der Waals surface area contributed by atoms with Gasteiger partial charge in [-0.3, -0.25) is 14.7 Å². The molecule has 1 aromatic heterocycles. The fraction of sp³-hybridized carbons (Fsp3) is 0.571. The van der Waals surface area contributed by atoms with E-state index in [1.165, 1.54) is 12.3 Å². The lowest BCUT2D eigenvalue weighted by molar-refractivity contribution is -0.141. The lowest BCUT2D eigenvalue weighted by atomic mass is 9.82. The van der Waals surface area contributed by atoms with E-state index >= 15 is 0 Å². The van der Waals surface area contributed by atoms with Gasteiger partial charge >= 0.3 is 6.18 Å². The number of nitrogens with zero attached hydrogens (tertiary/aromatic N) is 3. The van der Waals surface area contributed by atoms with E-state index in [4.69, 9.17) is 11.6 Å². The molecule has 0 radical (unpaired) electrons. The topological polar surface area (TPSA) is 48.5 Å². The third-order valence-electron chi connectivity index (χ3n) is 7.60. The highest BCUT2D eigenvalue weighted by Crippen LogP contribution is 2.37. The minimum Gasteiger partial charge on any atom is -0.337 e. The predicted molar refractivity (Wildman–Crippen MR) is 154 cm³/mol. The second kappa shape index (κ2) is 13.9. The summed E-state index contributed by atoms with van der Waals surface area (Å²) in [7, 11) is 0. The van der Waals surface area contributed by atoms with E-state index < -0.39 is 11.9 Å². The number of amides is 1. The quantitative estimate of drug-likeness (QED) is 0.413. The van der Waals surface area contributed by atoms with Gasteiger partial charge in [-0.15, -0.1) is 24.8 Å². The van der Waals surface area contributed by atoms with Gasteiger partial charge in [-0.1, -0.05) is 50.6 Å². The maximum absolute atomic E-state index is 13.5. The van der Waals surface area contributed by atoms with Gasteiger partial charge in [-0.25, -0.2) is 0 Å². The summed E-state index contributed by atoms with van der Waals surface area (Å²) in [4.78, 5) is 21.5. The molecule has 11 heteroatoms. The molecule has 2 fully saturated rings. The molecule has 0 aliphatic carbocycles. The van der Waals surface area contributed by atoms with Crippen LogP contribution in [0.5, 0.6) is 0 Å². The Balaban J connectivity index is 0.00000267. The maximum Gasteiger partial charge on any atom is 0.433 e. The van der Waals surface area contributed by atoms with Crippen LogP contribution in [-0.2, 0) is 11.0 Å². The van der Waals surface area contributed by atoms with Crippen molar-refractivity contribution in [1.82, 2.24) is 20.1 Å². The van der Waals surface area contributed by atoms with Crippen molar-refractivity contribution >= 4 is 42.3 Å². The van der Waals surface area contributed by atoms with Gasteiger partial charge in [0.25, 0.3) is 0 Å². The van der Waals surface area contributed by atoms with E-state index in [2.05, 4.69) is 36.0 Å². The second-order valence-corrected chi connectivity index (χ2v) is 11.7. The third-order valence-corrected chi connectivity index (χ3v) is 7.85. The molecule has 2 saturated heterocycles. The van der Waals surface area contributed by atoms with Crippen molar-refractivity contribution in [3.05, 3.63) is 64.4 Å². The fourth-order valence-corrected chi connectivity index (χ4v) is 5.65. The molecule has 3 heterocycles. The lowest BCUT2D eigenvalue weighted by Gasteiger charge is -2.49. The Morgan fingerprint density at radius 2 is 1.64 bits per heavy atom. The zero-order valence-electron chi connectivity index (χ0n) is 22.5. The molecule has 0 spiro atoms. The molecule has 1 N–H and O–H groups in total. The Bertz CT molecular complexity index is 1060. The van der Waals surface area contributed by atoms with Gasteiger partial charge in [0.1, 0.15) is 5.69 Å². The van der Waals surface area contributed by atoms with E-state index in [0.29, 0.717) is 42.6 Å². The Labute approximate surface area is 246 Å². The molecule has 5 nitrogen and oxygen atoms in total. The van der Waals surface area contributed by atoms with E-state index in [9.17, 15) is 18.0 Å². The molecular weight excluding hydrogens is 572 g/mol.